The average molecular weight is 290 g/mol. The second kappa shape index (κ2) is 7.27. The molecule has 1 aromatic heterocycles. The van der Waals surface area contributed by atoms with E-state index in [1.54, 1.807) is 18.6 Å². The first kappa shape index (κ1) is 15.6. The van der Waals surface area contributed by atoms with Gasteiger partial charge in [0.1, 0.15) is 5.82 Å². The molecule has 1 heterocycles. The summed E-state index contributed by atoms with van der Waals surface area (Å²) < 4.78 is 19.4. The summed E-state index contributed by atoms with van der Waals surface area (Å²) >= 11 is 0. The predicted octanol–water partition coefficient (Wildman–Crippen LogP) is 4.12. The first-order valence-electron chi connectivity index (χ1n) is 7.37. The van der Waals surface area contributed by atoms with Crippen LogP contribution in [0.4, 0.5) is 10.1 Å². The summed E-state index contributed by atoms with van der Waals surface area (Å²) in [6.07, 6.45) is 4.40. The van der Waals surface area contributed by atoms with Crippen LogP contribution in [0.15, 0.2) is 41.2 Å². The smallest absolute Gasteiger partial charge is 0.130 e. The van der Waals surface area contributed by atoms with E-state index in [2.05, 4.69) is 12.2 Å². The molecule has 0 amide bonds. The number of hydrogen-bond acceptors (Lipinski definition) is 3. The van der Waals surface area contributed by atoms with Crippen LogP contribution in [0.2, 0.25) is 0 Å². The minimum absolute atomic E-state index is 0.0204. The summed E-state index contributed by atoms with van der Waals surface area (Å²) in [4.78, 5) is 2.05. The zero-order valence-electron chi connectivity index (χ0n) is 12.9. The van der Waals surface area contributed by atoms with E-state index in [9.17, 15) is 4.39 Å². The standard InChI is InChI=1S/C17H23FN2O/c1-4-9-19-13(2)17-15(18)6-5-7-16(17)20(3)11-14-8-10-21-12-14/h5-8,10,12-13,19H,4,9,11H2,1-3H3. The summed E-state index contributed by atoms with van der Waals surface area (Å²) in [5.41, 5.74) is 2.70. The number of nitrogens with zero attached hydrogens (tertiary/aromatic N) is 1. The third-order valence-electron chi connectivity index (χ3n) is 3.57. The Hall–Kier alpha value is -1.81. The number of benzene rings is 1. The van der Waals surface area contributed by atoms with Crippen molar-refractivity contribution in [2.45, 2.75) is 32.9 Å². The van der Waals surface area contributed by atoms with E-state index < -0.39 is 0 Å². The van der Waals surface area contributed by atoms with Crippen LogP contribution in [0.5, 0.6) is 0 Å². The molecule has 0 saturated heterocycles. The van der Waals surface area contributed by atoms with Gasteiger partial charge in [0.15, 0.2) is 0 Å². The molecule has 21 heavy (non-hydrogen) atoms. The number of hydrogen-bond donors (Lipinski definition) is 1. The lowest BCUT2D eigenvalue weighted by Gasteiger charge is -2.25. The highest BCUT2D eigenvalue weighted by Crippen LogP contribution is 2.29. The van der Waals surface area contributed by atoms with Crippen molar-refractivity contribution in [3.8, 4) is 0 Å². The van der Waals surface area contributed by atoms with Crippen molar-refractivity contribution in [2.24, 2.45) is 0 Å². The Morgan fingerprint density at radius 3 is 2.81 bits per heavy atom. The Labute approximate surface area is 125 Å². The van der Waals surface area contributed by atoms with Gasteiger partial charge in [0.25, 0.3) is 0 Å². The zero-order chi connectivity index (χ0) is 15.2. The van der Waals surface area contributed by atoms with Gasteiger partial charge in [-0.15, -0.1) is 0 Å². The van der Waals surface area contributed by atoms with Crippen LogP contribution in [0.3, 0.4) is 0 Å². The molecule has 2 aromatic rings. The normalized spacial score (nSPS) is 12.4. The Morgan fingerprint density at radius 2 is 2.14 bits per heavy atom. The van der Waals surface area contributed by atoms with Gasteiger partial charge in [-0.05, 0) is 38.1 Å². The Kier molecular flexibility index (Phi) is 5.39. The van der Waals surface area contributed by atoms with Crippen molar-refractivity contribution in [2.75, 3.05) is 18.5 Å². The van der Waals surface area contributed by atoms with E-state index in [1.807, 2.05) is 31.0 Å². The molecule has 1 N–H and O–H groups in total. The maximum atomic E-state index is 14.3. The first-order valence-corrected chi connectivity index (χ1v) is 7.37. The largest absolute Gasteiger partial charge is 0.472 e. The van der Waals surface area contributed by atoms with Gasteiger partial charge in [-0.2, -0.15) is 0 Å². The van der Waals surface area contributed by atoms with Gasteiger partial charge in [0, 0.05) is 36.4 Å². The fourth-order valence-corrected chi connectivity index (χ4v) is 2.49. The van der Waals surface area contributed by atoms with Crippen molar-refractivity contribution in [3.63, 3.8) is 0 Å². The van der Waals surface area contributed by atoms with E-state index in [-0.39, 0.29) is 11.9 Å². The molecule has 0 spiro atoms. The highest BCUT2D eigenvalue weighted by Gasteiger charge is 2.17. The van der Waals surface area contributed by atoms with Crippen molar-refractivity contribution in [3.05, 3.63) is 53.7 Å². The molecule has 0 saturated carbocycles. The Morgan fingerprint density at radius 1 is 1.33 bits per heavy atom. The van der Waals surface area contributed by atoms with Crippen LogP contribution in [0.25, 0.3) is 0 Å². The molecule has 0 aliphatic carbocycles. The van der Waals surface area contributed by atoms with E-state index in [4.69, 9.17) is 4.42 Å². The maximum absolute atomic E-state index is 14.3. The van der Waals surface area contributed by atoms with Gasteiger partial charge in [0.2, 0.25) is 0 Å². The lowest BCUT2D eigenvalue weighted by Crippen LogP contribution is -2.25. The summed E-state index contributed by atoms with van der Waals surface area (Å²) in [5.74, 6) is -0.164. The molecule has 1 unspecified atom stereocenters. The maximum Gasteiger partial charge on any atom is 0.130 e. The number of anilines is 1. The van der Waals surface area contributed by atoms with Gasteiger partial charge in [-0.25, -0.2) is 4.39 Å². The second-order valence-corrected chi connectivity index (χ2v) is 5.34. The number of nitrogens with one attached hydrogen (secondary N) is 1. The molecule has 1 atom stereocenters. The Bertz CT molecular complexity index is 554. The molecule has 0 aliphatic heterocycles. The van der Waals surface area contributed by atoms with Crippen LogP contribution < -0.4 is 10.2 Å². The SMILES string of the molecule is CCCNC(C)c1c(F)cccc1N(C)Cc1ccoc1. The van der Waals surface area contributed by atoms with Gasteiger partial charge < -0.3 is 14.6 Å². The second-order valence-electron chi connectivity index (χ2n) is 5.34. The fraction of sp³-hybridized carbons (Fsp3) is 0.412. The third-order valence-corrected chi connectivity index (χ3v) is 3.57. The average Bonchev–Trinajstić information content (AvgIpc) is 2.97. The molecule has 0 radical (unpaired) electrons. The monoisotopic (exact) mass is 290 g/mol. The van der Waals surface area contributed by atoms with E-state index in [0.717, 1.165) is 29.8 Å². The lowest BCUT2D eigenvalue weighted by molar-refractivity contribution is 0.526. The van der Waals surface area contributed by atoms with Crippen LogP contribution in [-0.4, -0.2) is 13.6 Å². The van der Waals surface area contributed by atoms with Gasteiger partial charge >= 0.3 is 0 Å². The fourth-order valence-electron chi connectivity index (χ4n) is 2.49. The first-order chi connectivity index (χ1) is 10.1. The van der Waals surface area contributed by atoms with Gasteiger partial charge in [-0.3, -0.25) is 0 Å². The summed E-state index contributed by atoms with van der Waals surface area (Å²) in [6, 6.07) is 7.14. The van der Waals surface area contributed by atoms with Crippen molar-refractivity contribution in [1.29, 1.82) is 0 Å². The van der Waals surface area contributed by atoms with E-state index >= 15 is 0 Å². The lowest BCUT2D eigenvalue weighted by atomic mass is 10.0. The highest BCUT2D eigenvalue weighted by atomic mass is 19.1. The van der Waals surface area contributed by atoms with Gasteiger partial charge in [0.05, 0.1) is 12.5 Å². The summed E-state index contributed by atoms with van der Waals surface area (Å²) in [5, 5.41) is 3.36. The quantitative estimate of drug-likeness (QED) is 0.831. The molecule has 0 fully saturated rings. The van der Waals surface area contributed by atoms with Crippen LogP contribution >= 0.6 is 0 Å². The number of furan rings is 1. The summed E-state index contributed by atoms with van der Waals surface area (Å²) in [7, 11) is 1.97. The molecule has 0 aliphatic rings. The van der Waals surface area contributed by atoms with Crippen LogP contribution in [-0.2, 0) is 6.54 Å². The topological polar surface area (TPSA) is 28.4 Å². The molecular formula is C17H23FN2O. The Balaban J connectivity index is 2.23. The van der Waals surface area contributed by atoms with Crippen LogP contribution in [0, 0.1) is 5.82 Å². The molecular weight excluding hydrogens is 267 g/mol. The van der Waals surface area contributed by atoms with E-state index in [1.165, 1.54) is 6.07 Å². The molecule has 4 heteroatoms. The molecule has 3 nitrogen and oxygen atoms in total. The molecule has 114 valence electrons. The minimum atomic E-state index is -0.164. The van der Waals surface area contributed by atoms with E-state index in [0.29, 0.717) is 6.54 Å². The zero-order valence-corrected chi connectivity index (χ0v) is 12.9. The summed E-state index contributed by atoms with van der Waals surface area (Å²) in [6.45, 7) is 5.67. The predicted molar refractivity (Wildman–Crippen MR) is 83.9 cm³/mol. The number of rotatable bonds is 7. The van der Waals surface area contributed by atoms with Crippen molar-refractivity contribution in [1.82, 2.24) is 5.32 Å². The van der Waals surface area contributed by atoms with Crippen LogP contribution in [0.1, 0.15) is 37.4 Å². The minimum Gasteiger partial charge on any atom is -0.472 e. The van der Waals surface area contributed by atoms with Crippen molar-refractivity contribution >= 4 is 5.69 Å². The highest BCUT2D eigenvalue weighted by molar-refractivity contribution is 5.55. The van der Waals surface area contributed by atoms with Gasteiger partial charge in [-0.1, -0.05) is 13.0 Å². The third kappa shape index (κ3) is 3.85. The van der Waals surface area contributed by atoms with Crippen molar-refractivity contribution < 1.29 is 8.81 Å². The molecule has 1 aromatic carbocycles. The molecule has 0 bridgehead atoms. The molecule has 2 rings (SSSR count). The number of halogens is 1.